The van der Waals surface area contributed by atoms with Gasteiger partial charge in [-0.15, -0.1) is 0 Å². The van der Waals surface area contributed by atoms with Crippen LogP contribution in [0.4, 0.5) is 0 Å². The summed E-state index contributed by atoms with van der Waals surface area (Å²) < 4.78 is 5.40. The average Bonchev–Trinajstić information content (AvgIpc) is 3.70. The zero-order valence-electron chi connectivity index (χ0n) is 23.3. The van der Waals surface area contributed by atoms with E-state index in [-0.39, 0.29) is 0 Å². The molecule has 2 heterocycles. The fraction of sp³-hybridized carbons (Fsp3) is 0. The number of benzene rings is 6. The van der Waals surface area contributed by atoms with Gasteiger partial charge in [0.15, 0.2) is 0 Å². The molecule has 0 bridgehead atoms. The molecule has 0 aliphatic heterocycles. The Kier molecular flexibility index (Phi) is 7.00. The number of aromatic nitrogens is 2. The van der Waals surface area contributed by atoms with Crippen molar-refractivity contribution in [1.82, 2.24) is 9.97 Å². The molecule has 0 atom stereocenters. The van der Waals surface area contributed by atoms with E-state index in [9.17, 15) is 0 Å². The summed E-state index contributed by atoms with van der Waals surface area (Å²) in [4.78, 5) is 10.0. The average molecular weight is 638 g/mol. The quantitative estimate of drug-likeness (QED) is 0.170. The van der Waals surface area contributed by atoms with Crippen LogP contribution in [0.15, 0.2) is 146 Å². The summed E-state index contributed by atoms with van der Waals surface area (Å²) in [6.07, 6.45) is 0. The fourth-order valence-corrected chi connectivity index (χ4v) is 11.9. The summed E-state index contributed by atoms with van der Waals surface area (Å²) >= 11 is 2.10. The molecule has 0 fully saturated rings. The van der Waals surface area contributed by atoms with Gasteiger partial charge < -0.3 is 0 Å². The molecule has 0 radical (unpaired) electrons. The maximum atomic E-state index is 5.02. The van der Waals surface area contributed by atoms with E-state index in [0.717, 1.165) is 21.0 Å². The van der Waals surface area contributed by atoms with Crippen molar-refractivity contribution in [3.8, 4) is 43.4 Å². The molecule has 2 nitrogen and oxygen atoms in total. The van der Waals surface area contributed by atoms with Gasteiger partial charge >= 0.3 is 268 Å². The summed E-state index contributed by atoms with van der Waals surface area (Å²) in [5.74, 6) is 0. The molecule has 0 unspecified atom stereocenters. The molecular weight excluding hydrogens is 614 g/mol. The van der Waals surface area contributed by atoms with Gasteiger partial charge in [-0.2, -0.15) is 0 Å². The maximum absolute atomic E-state index is 5.02. The van der Waals surface area contributed by atoms with Crippen molar-refractivity contribution < 1.29 is 17.1 Å². The van der Waals surface area contributed by atoms with Crippen LogP contribution in [0.3, 0.4) is 0 Å². The molecule has 0 spiro atoms. The van der Waals surface area contributed by atoms with E-state index in [2.05, 4.69) is 146 Å². The van der Waals surface area contributed by atoms with Crippen molar-refractivity contribution >= 4 is 51.4 Å². The third-order valence-corrected chi connectivity index (χ3v) is 14.2. The van der Waals surface area contributed by atoms with Gasteiger partial charge in [0.25, 0.3) is 0 Å². The van der Waals surface area contributed by atoms with Crippen molar-refractivity contribution in [2.45, 2.75) is 0 Å². The molecule has 8 rings (SSSR count). The molecule has 43 heavy (non-hydrogen) atoms. The van der Waals surface area contributed by atoms with Crippen molar-refractivity contribution in [1.29, 1.82) is 0 Å². The molecule has 0 N–H and O–H groups in total. The van der Waals surface area contributed by atoms with E-state index < -0.39 is 17.1 Å². The molecule has 2 aromatic heterocycles. The number of hydrogen-bond donors (Lipinski definition) is 0. The van der Waals surface area contributed by atoms with Crippen molar-refractivity contribution in [2.24, 2.45) is 0 Å². The number of para-hydroxylation sites is 2. The van der Waals surface area contributed by atoms with Gasteiger partial charge in [0, 0.05) is 0 Å². The molecule has 0 aliphatic rings. The zero-order valence-corrected chi connectivity index (χ0v) is 27.9. The number of nitrogens with zero attached hydrogens (tertiary/aromatic N) is 2. The Morgan fingerprint density at radius 2 is 0.698 bits per heavy atom. The van der Waals surface area contributed by atoms with Gasteiger partial charge in [0.05, 0.1) is 0 Å². The van der Waals surface area contributed by atoms with Crippen molar-refractivity contribution in [3.63, 3.8) is 0 Å². The Morgan fingerprint density at radius 3 is 1.14 bits per heavy atom. The van der Waals surface area contributed by atoms with Crippen LogP contribution in [0.1, 0.15) is 0 Å². The normalized spacial score (nSPS) is 11.2. The van der Waals surface area contributed by atoms with Crippen LogP contribution in [0.25, 0.3) is 63.8 Å². The first-order chi connectivity index (χ1) is 21.3. The second-order valence-electron chi connectivity index (χ2n) is 10.6. The summed E-state index contributed by atoms with van der Waals surface area (Å²) in [7, 11) is 0. The molecule has 0 aliphatic carbocycles. The van der Waals surface area contributed by atoms with Crippen LogP contribution in [0, 0.1) is 0 Å². The first-order valence-electron chi connectivity index (χ1n) is 14.4. The first-order valence-corrected chi connectivity index (χ1v) is 19.0. The SMILES string of the molecule is c1ccc(-c2ccccc2-c2nc3ccccc3s2)[c]([Zn][c]2ccccc2-c2ccccc2-c2nc3ccccc3s2)c1. The van der Waals surface area contributed by atoms with Crippen molar-refractivity contribution in [3.05, 3.63) is 146 Å². The molecule has 5 heteroatoms. The van der Waals surface area contributed by atoms with Gasteiger partial charge in [-0.25, -0.2) is 0 Å². The predicted octanol–water partition coefficient (Wildman–Crippen LogP) is 9.61. The van der Waals surface area contributed by atoms with Gasteiger partial charge in [-0.05, 0) is 0 Å². The Balaban J connectivity index is 1.22. The number of hydrogen-bond acceptors (Lipinski definition) is 4. The topological polar surface area (TPSA) is 25.8 Å². The second-order valence-corrected chi connectivity index (χ2v) is 16.6. The molecule has 0 saturated carbocycles. The Labute approximate surface area is 266 Å². The molecule has 6 aromatic carbocycles. The molecule has 0 amide bonds. The van der Waals surface area contributed by atoms with Crippen LogP contribution in [-0.2, 0) is 17.1 Å². The number of thiazole rings is 2. The summed E-state index contributed by atoms with van der Waals surface area (Å²) in [6.45, 7) is 0. The zero-order chi connectivity index (χ0) is 28.6. The predicted molar refractivity (Wildman–Crippen MR) is 180 cm³/mol. The Morgan fingerprint density at radius 1 is 0.349 bits per heavy atom. The Hall–Kier alpha value is -4.28. The second kappa shape index (κ2) is 11.4. The van der Waals surface area contributed by atoms with Crippen LogP contribution >= 0.6 is 22.7 Å². The summed E-state index contributed by atoms with van der Waals surface area (Å²) in [5, 5.41) is 2.15. The van der Waals surface area contributed by atoms with Crippen LogP contribution in [-0.4, -0.2) is 9.97 Å². The van der Waals surface area contributed by atoms with Gasteiger partial charge in [-0.3, -0.25) is 0 Å². The summed E-state index contributed by atoms with van der Waals surface area (Å²) in [5.41, 5.74) is 9.69. The van der Waals surface area contributed by atoms with Crippen LogP contribution in [0.2, 0.25) is 0 Å². The van der Waals surface area contributed by atoms with E-state index in [0.29, 0.717) is 0 Å². The van der Waals surface area contributed by atoms with Crippen LogP contribution in [0.5, 0.6) is 0 Å². The van der Waals surface area contributed by atoms with Gasteiger partial charge in [0.1, 0.15) is 0 Å². The van der Waals surface area contributed by atoms with Gasteiger partial charge in [0.2, 0.25) is 0 Å². The van der Waals surface area contributed by atoms with Crippen LogP contribution < -0.4 is 8.32 Å². The third kappa shape index (κ3) is 5.04. The summed E-state index contributed by atoms with van der Waals surface area (Å²) in [6, 6.07) is 52.4. The van der Waals surface area contributed by atoms with E-state index in [1.54, 1.807) is 22.7 Å². The monoisotopic (exact) mass is 636 g/mol. The minimum atomic E-state index is -1.44. The van der Waals surface area contributed by atoms with E-state index >= 15 is 0 Å². The first kappa shape index (κ1) is 26.4. The molecule has 8 aromatic rings. The molecule has 200 valence electrons. The third-order valence-electron chi connectivity index (χ3n) is 7.90. The number of rotatable bonds is 6. The molecule has 0 saturated heterocycles. The van der Waals surface area contributed by atoms with Crippen molar-refractivity contribution in [2.75, 3.05) is 0 Å². The minimum absolute atomic E-state index is 1.06. The standard InChI is InChI=1S/2C19H12NS.Zn/c2*1-2-8-14(9-3-1)15-10-4-5-11-16(15)19-20-17-12-6-7-13-18(17)21-19;/h2*1-8,10-13H;. The fourth-order valence-electron chi connectivity index (χ4n) is 5.86. The van der Waals surface area contributed by atoms with Gasteiger partial charge in [-0.1, -0.05) is 0 Å². The van der Waals surface area contributed by atoms with E-state index in [4.69, 9.17) is 9.97 Å². The van der Waals surface area contributed by atoms with E-state index in [1.165, 1.54) is 51.1 Å². The Bertz CT molecular complexity index is 2020. The number of fused-ring (bicyclic) bond motifs is 2. The van der Waals surface area contributed by atoms with E-state index in [1.807, 2.05) is 0 Å². The molecular formula is C38H24N2S2Zn.